The quantitative estimate of drug-likeness (QED) is 0.0716. The molecule has 0 heterocycles. The summed E-state index contributed by atoms with van der Waals surface area (Å²) in [6.45, 7) is 3.50. The number of nitrogens with one attached hydrogen (secondary N) is 1. The lowest BCUT2D eigenvalue weighted by molar-refractivity contribution is -0.870. The molecule has 1 N–H and O–H groups in total. The lowest BCUT2D eigenvalue weighted by atomic mass is 10.0. The van der Waals surface area contributed by atoms with Crippen LogP contribution in [0.4, 0.5) is 4.79 Å². The van der Waals surface area contributed by atoms with Gasteiger partial charge in [-0.05, 0) is 6.42 Å². The fraction of sp³-hybridized carbons (Fsp3) is 0.966. The zero-order valence-corrected chi connectivity index (χ0v) is 27.1. The van der Waals surface area contributed by atoms with Gasteiger partial charge in [-0.15, -0.1) is 0 Å². The van der Waals surface area contributed by atoms with Gasteiger partial charge in [-0.1, -0.05) is 103 Å². The number of hydrogen-bond donors (Lipinski definition) is 1. The van der Waals surface area contributed by atoms with Gasteiger partial charge >= 0.3 is 6.03 Å². The largest absolute Gasteiger partial charge is 0.756 e. The summed E-state index contributed by atoms with van der Waals surface area (Å²) in [5.74, 6) is 0. The van der Waals surface area contributed by atoms with E-state index in [0.29, 0.717) is 17.6 Å². The highest BCUT2D eigenvalue weighted by Crippen LogP contribution is 2.40. The first-order valence-corrected chi connectivity index (χ1v) is 16.9. The third-order valence-corrected chi connectivity index (χ3v) is 7.83. The third kappa shape index (κ3) is 26.0. The van der Waals surface area contributed by atoms with E-state index in [9.17, 15) is 14.3 Å². The van der Waals surface area contributed by atoms with Crippen molar-refractivity contribution in [2.45, 2.75) is 116 Å². The van der Waals surface area contributed by atoms with Crippen LogP contribution in [0.5, 0.6) is 0 Å². The summed E-state index contributed by atoms with van der Waals surface area (Å²) in [6.07, 6.45) is 20.1. The molecular formula is C29H62N3O6P. The summed E-state index contributed by atoms with van der Waals surface area (Å²) >= 11 is 0. The van der Waals surface area contributed by atoms with E-state index in [1.807, 2.05) is 21.1 Å². The number of nitrogens with zero attached hydrogens (tertiary/aromatic N) is 2. The molecular weight excluding hydrogens is 517 g/mol. The van der Waals surface area contributed by atoms with Crippen molar-refractivity contribution in [3.63, 3.8) is 0 Å². The van der Waals surface area contributed by atoms with E-state index in [0.717, 1.165) is 12.8 Å². The maximum Gasteiger partial charge on any atom is 0.316 e. The second kappa shape index (κ2) is 24.0. The summed E-state index contributed by atoms with van der Waals surface area (Å²) in [7, 11) is 4.44. The number of urea groups is 1. The number of phosphoric ester groups is 1. The molecule has 234 valence electrons. The SMILES string of the molecule is CCCCCCCCCCCCCCCCCCOCC(CN(C)C(=O)NC)OP(=O)([O-])OCC[N+](C)(C)C. The monoisotopic (exact) mass is 579 g/mol. The Kier molecular flexibility index (Phi) is 23.5. The van der Waals surface area contributed by atoms with Crippen molar-refractivity contribution in [2.75, 3.05) is 68.1 Å². The summed E-state index contributed by atoms with van der Waals surface area (Å²) in [4.78, 5) is 25.6. The highest BCUT2D eigenvalue weighted by atomic mass is 31.2. The van der Waals surface area contributed by atoms with Gasteiger partial charge in [-0.2, -0.15) is 0 Å². The van der Waals surface area contributed by atoms with Crippen LogP contribution in [0.1, 0.15) is 110 Å². The van der Waals surface area contributed by atoms with E-state index >= 15 is 0 Å². The summed E-state index contributed by atoms with van der Waals surface area (Å²) in [5, 5.41) is 2.52. The van der Waals surface area contributed by atoms with Gasteiger partial charge in [0.1, 0.15) is 19.3 Å². The molecule has 0 bridgehead atoms. The van der Waals surface area contributed by atoms with Crippen molar-refractivity contribution in [3.05, 3.63) is 0 Å². The Morgan fingerprint density at radius 1 is 0.846 bits per heavy atom. The number of unbranched alkanes of at least 4 members (excludes halogenated alkanes) is 15. The number of hydrogen-bond acceptors (Lipinski definition) is 6. The molecule has 9 nitrogen and oxygen atoms in total. The molecule has 0 saturated heterocycles. The van der Waals surface area contributed by atoms with Crippen molar-refractivity contribution in [3.8, 4) is 0 Å². The summed E-state index contributed by atoms with van der Waals surface area (Å²) < 4.78 is 29.0. The molecule has 2 amide bonds. The molecule has 2 atom stereocenters. The van der Waals surface area contributed by atoms with Gasteiger partial charge in [0.05, 0.1) is 34.3 Å². The van der Waals surface area contributed by atoms with Gasteiger partial charge in [0.15, 0.2) is 0 Å². The van der Waals surface area contributed by atoms with E-state index < -0.39 is 13.9 Å². The number of carbonyl (C=O) groups excluding carboxylic acids is 1. The first-order valence-electron chi connectivity index (χ1n) is 15.5. The highest BCUT2D eigenvalue weighted by Gasteiger charge is 2.23. The number of ether oxygens (including phenoxy) is 1. The Morgan fingerprint density at radius 2 is 1.31 bits per heavy atom. The van der Waals surface area contributed by atoms with Crippen molar-refractivity contribution in [1.29, 1.82) is 0 Å². The van der Waals surface area contributed by atoms with Gasteiger partial charge in [-0.3, -0.25) is 4.57 Å². The minimum Gasteiger partial charge on any atom is -0.756 e. The molecule has 0 aliphatic heterocycles. The van der Waals surface area contributed by atoms with E-state index in [-0.39, 0.29) is 25.8 Å². The van der Waals surface area contributed by atoms with Gasteiger partial charge in [0.2, 0.25) is 0 Å². The molecule has 0 radical (unpaired) electrons. The normalized spacial score (nSPS) is 14.2. The van der Waals surface area contributed by atoms with Crippen LogP contribution in [0.2, 0.25) is 0 Å². The first-order chi connectivity index (χ1) is 18.5. The Labute approximate surface area is 240 Å². The maximum absolute atomic E-state index is 12.3. The second-order valence-electron chi connectivity index (χ2n) is 11.8. The lowest BCUT2D eigenvalue weighted by Crippen LogP contribution is -2.42. The van der Waals surface area contributed by atoms with Crippen molar-refractivity contribution < 1.29 is 32.5 Å². The lowest BCUT2D eigenvalue weighted by Gasteiger charge is -2.31. The molecule has 0 fully saturated rings. The number of carbonyl (C=O) groups is 1. The molecule has 0 aromatic rings. The number of amides is 2. The van der Waals surface area contributed by atoms with Crippen LogP contribution in [0.25, 0.3) is 0 Å². The van der Waals surface area contributed by atoms with E-state index in [1.54, 1.807) is 7.05 Å². The van der Waals surface area contributed by atoms with Crippen LogP contribution < -0.4 is 10.2 Å². The Morgan fingerprint density at radius 3 is 1.74 bits per heavy atom. The second-order valence-corrected chi connectivity index (χ2v) is 13.2. The van der Waals surface area contributed by atoms with Crippen LogP contribution >= 0.6 is 7.82 Å². The fourth-order valence-corrected chi connectivity index (χ4v) is 5.16. The predicted molar refractivity (Wildman–Crippen MR) is 159 cm³/mol. The standard InChI is InChI=1S/C29H62N3O6P/c1-7-8-9-10-11-12-13-14-15-16-17-18-19-20-21-22-24-36-27-28(26-31(3)29(33)30-2)38-39(34,35)37-25-23-32(4,5)6/h28H,7-27H2,1-6H3,(H-,30,33,34,35). The molecule has 0 spiro atoms. The molecule has 0 aromatic heterocycles. The van der Waals surface area contributed by atoms with Crippen molar-refractivity contribution >= 4 is 13.9 Å². The van der Waals surface area contributed by atoms with Gasteiger partial charge in [0.25, 0.3) is 7.82 Å². The zero-order chi connectivity index (χ0) is 29.4. The first kappa shape index (κ1) is 38.3. The minimum atomic E-state index is -4.52. The topological polar surface area (TPSA) is 100 Å². The molecule has 0 rings (SSSR count). The van der Waals surface area contributed by atoms with Gasteiger partial charge < -0.3 is 33.4 Å². The Hall–Kier alpha value is -0.700. The minimum absolute atomic E-state index is 0.0301. The zero-order valence-electron chi connectivity index (χ0n) is 26.2. The average molecular weight is 580 g/mol. The molecule has 0 aliphatic carbocycles. The van der Waals surface area contributed by atoms with Crippen LogP contribution in [-0.2, 0) is 18.3 Å². The van der Waals surface area contributed by atoms with Crippen molar-refractivity contribution in [1.82, 2.24) is 10.2 Å². The number of phosphoric acid groups is 1. The molecule has 0 aromatic carbocycles. The molecule has 2 unspecified atom stereocenters. The molecule has 0 saturated carbocycles. The third-order valence-electron chi connectivity index (χ3n) is 6.77. The van der Waals surface area contributed by atoms with E-state index in [4.69, 9.17) is 13.8 Å². The predicted octanol–water partition coefficient (Wildman–Crippen LogP) is 6.11. The average Bonchev–Trinajstić information content (AvgIpc) is 2.86. The molecule has 10 heteroatoms. The summed E-state index contributed by atoms with van der Waals surface area (Å²) in [6, 6.07) is -0.326. The number of likely N-dealkylation sites (N-methyl/N-ethyl adjacent to an activating group) is 2. The van der Waals surface area contributed by atoms with Crippen molar-refractivity contribution in [2.24, 2.45) is 0 Å². The van der Waals surface area contributed by atoms with Crippen LogP contribution in [0, 0.1) is 0 Å². The van der Waals surface area contributed by atoms with Crippen LogP contribution in [0.3, 0.4) is 0 Å². The van der Waals surface area contributed by atoms with E-state index in [1.165, 1.54) is 102 Å². The van der Waals surface area contributed by atoms with Gasteiger partial charge in [0, 0.05) is 20.7 Å². The Bertz CT molecular complexity index is 633. The molecule has 0 aliphatic rings. The molecule has 39 heavy (non-hydrogen) atoms. The Balaban J connectivity index is 4.00. The number of rotatable bonds is 27. The van der Waals surface area contributed by atoms with Gasteiger partial charge in [-0.25, -0.2) is 4.79 Å². The fourth-order valence-electron chi connectivity index (χ4n) is 4.30. The highest BCUT2D eigenvalue weighted by molar-refractivity contribution is 7.45. The summed E-state index contributed by atoms with van der Waals surface area (Å²) in [5.41, 5.74) is 0. The van der Waals surface area contributed by atoms with Crippen LogP contribution in [0.15, 0.2) is 0 Å². The smallest absolute Gasteiger partial charge is 0.316 e. The maximum atomic E-state index is 12.3. The van der Waals surface area contributed by atoms with Crippen LogP contribution in [-0.4, -0.2) is 89.7 Å². The van der Waals surface area contributed by atoms with E-state index in [2.05, 4.69) is 12.2 Å². The number of quaternary nitrogens is 1.